The van der Waals surface area contributed by atoms with Gasteiger partial charge in [0.05, 0.1) is 5.69 Å². The molecule has 0 aliphatic rings. The van der Waals surface area contributed by atoms with E-state index in [2.05, 4.69) is 22.3 Å². The number of benzene rings is 1. The van der Waals surface area contributed by atoms with Gasteiger partial charge in [-0.1, -0.05) is 6.92 Å². The van der Waals surface area contributed by atoms with Gasteiger partial charge in [0.1, 0.15) is 12.7 Å². The lowest BCUT2D eigenvalue weighted by molar-refractivity contribution is -0.116. The second-order valence-corrected chi connectivity index (χ2v) is 5.16. The monoisotopic (exact) mass is 287 g/mol. The van der Waals surface area contributed by atoms with Crippen LogP contribution < -0.4 is 11.1 Å². The quantitative estimate of drug-likeness (QED) is 0.815. The van der Waals surface area contributed by atoms with E-state index < -0.39 is 0 Å². The fraction of sp³-hybridized carbons (Fsp3) is 0.400. The Morgan fingerprint density at radius 2 is 2.10 bits per heavy atom. The van der Waals surface area contributed by atoms with Gasteiger partial charge >= 0.3 is 0 Å². The molecule has 1 aromatic carbocycles. The predicted octanol–water partition coefficient (Wildman–Crippen LogP) is 1.97. The van der Waals surface area contributed by atoms with Crippen molar-refractivity contribution >= 4 is 11.6 Å². The van der Waals surface area contributed by atoms with E-state index in [1.165, 1.54) is 6.33 Å². The van der Waals surface area contributed by atoms with Gasteiger partial charge in [-0.2, -0.15) is 5.10 Å². The number of aromatic nitrogens is 3. The molecule has 0 aliphatic heterocycles. The van der Waals surface area contributed by atoms with Crippen LogP contribution in [-0.2, 0) is 4.79 Å². The van der Waals surface area contributed by atoms with Gasteiger partial charge < -0.3 is 11.1 Å². The third-order valence-corrected chi connectivity index (χ3v) is 3.36. The van der Waals surface area contributed by atoms with Crippen molar-refractivity contribution in [1.29, 1.82) is 0 Å². The minimum Gasteiger partial charge on any atom is -0.330 e. The Balaban J connectivity index is 1.84. The lowest BCUT2D eigenvalue weighted by atomic mass is 10.0. The first-order chi connectivity index (χ1) is 10.2. The number of anilines is 1. The molecule has 2 aromatic rings. The van der Waals surface area contributed by atoms with Crippen molar-refractivity contribution in [2.75, 3.05) is 11.9 Å². The highest BCUT2D eigenvalue weighted by Crippen LogP contribution is 2.14. The molecule has 0 radical (unpaired) electrons. The summed E-state index contributed by atoms with van der Waals surface area (Å²) in [6, 6.07) is 7.50. The Hall–Kier alpha value is -2.21. The third kappa shape index (κ3) is 4.68. The SMILES string of the molecule is CC(CCN)CCC(=O)Nc1ccc(-n2cncn2)cc1. The van der Waals surface area contributed by atoms with Gasteiger partial charge in [0.15, 0.2) is 0 Å². The summed E-state index contributed by atoms with van der Waals surface area (Å²) < 4.78 is 1.67. The van der Waals surface area contributed by atoms with E-state index in [1.54, 1.807) is 11.0 Å². The van der Waals surface area contributed by atoms with Crippen LogP contribution in [0.2, 0.25) is 0 Å². The number of nitrogens with two attached hydrogens (primary N) is 1. The topological polar surface area (TPSA) is 85.8 Å². The Bertz CT molecular complexity index is 550. The van der Waals surface area contributed by atoms with E-state index in [0.29, 0.717) is 18.9 Å². The molecule has 0 bridgehead atoms. The zero-order valence-corrected chi connectivity index (χ0v) is 12.2. The summed E-state index contributed by atoms with van der Waals surface area (Å²) in [6.45, 7) is 2.79. The number of rotatable bonds is 7. The summed E-state index contributed by atoms with van der Waals surface area (Å²) in [6.07, 6.45) is 5.45. The predicted molar refractivity (Wildman–Crippen MR) is 82.1 cm³/mol. The molecule has 112 valence electrons. The smallest absolute Gasteiger partial charge is 0.224 e. The van der Waals surface area contributed by atoms with Crippen LogP contribution in [0.4, 0.5) is 5.69 Å². The Labute approximate surface area is 124 Å². The molecule has 0 saturated heterocycles. The van der Waals surface area contributed by atoms with E-state index in [-0.39, 0.29) is 5.91 Å². The van der Waals surface area contributed by atoms with Gasteiger partial charge in [-0.25, -0.2) is 9.67 Å². The molecule has 0 spiro atoms. The van der Waals surface area contributed by atoms with Crippen molar-refractivity contribution in [2.24, 2.45) is 11.7 Å². The van der Waals surface area contributed by atoms with E-state index in [9.17, 15) is 4.79 Å². The minimum atomic E-state index is 0.0346. The molecule has 6 nitrogen and oxygen atoms in total. The number of amides is 1. The summed E-state index contributed by atoms with van der Waals surface area (Å²) in [5.41, 5.74) is 7.19. The fourth-order valence-corrected chi connectivity index (χ4v) is 2.07. The number of nitrogens with one attached hydrogen (secondary N) is 1. The lowest BCUT2D eigenvalue weighted by Crippen LogP contribution is -2.14. The molecule has 1 atom stereocenters. The molecule has 0 saturated carbocycles. The van der Waals surface area contributed by atoms with Crippen LogP contribution in [0, 0.1) is 5.92 Å². The molecule has 6 heteroatoms. The van der Waals surface area contributed by atoms with Crippen molar-refractivity contribution in [1.82, 2.24) is 14.8 Å². The molecule has 0 aliphatic carbocycles. The molecule has 2 rings (SSSR count). The van der Waals surface area contributed by atoms with Crippen LogP contribution in [0.15, 0.2) is 36.9 Å². The van der Waals surface area contributed by atoms with E-state index in [4.69, 9.17) is 5.73 Å². The molecule has 21 heavy (non-hydrogen) atoms. The lowest BCUT2D eigenvalue weighted by Gasteiger charge is -2.10. The average Bonchev–Trinajstić information content (AvgIpc) is 3.00. The second kappa shape index (κ2) is 7.54. The van der Waals surface area contributed by atoms with Crippen molar-refractivity contribution in [3.8, 4) is 5.69 Å². The van der Waals surface area contributed by atoms with Crippen molar-refractivity contribution in [3.63, 3.8) is 0 Å². The number of nitrogens with zero attached hydrogens (tertiary/aromatic N) is 3. The highest BCUT2D eigenvalue weighted by molar-refractivity contribution is 5.90. The van der Waals surface area contributed by atoms with Crippen molar-refractivity contribution in [2.45, 2.75) is 26.2 Å². The number of hydrogen-bond donors (Lipinski definition) is 2. The van der Waals surface area contributed by atoms with Gasteiger partial charge in [0.2, 0.25) is 5.91 Å². The zero-order chi connectivity index (χ0) is 15.1. The van der Waals surface area contributed by atoms with Gasteiger partial charge in [-0.15, -0.1) is 0 Å². The van der Waals surface area contributed by atoms with E-state index in [0.717, 1.165) is 24.2 Å². The normalized spacial score (nSPS) is 12.1. The van der Waals surface area contributed by atoms with Gasteiger partial charge in [-0.05, 0) is 49.6 Å². The van der Waals surface area contributed by atoms with Crippen LogP contribution in [0.25, 0.3) is 5.69 Å². The number of hydrogen-bond acceptors (Lipinski definition) is 4. The van der Waals surface area contributed by atoms with Gasteiger partial charge in [0, 0.05) is 12.1 Å². The molecular formula is C15H21N5O. The first-order valence-corrected chi connectivity index (χ1v) is 7.14. The maximum absolute atomic E-state index is 11.9. The van der Waals surface area contributed by atoms with E-state index >= 15 is 0 Å². The number of carbonyl (C=O) groups is 1. The highest BCUT2D eigenvalue weighted by atomic mass is 16.1. The summed E-state index contributed by atoms with van der Waals surface area (Å²) in [4.78, 5) is 15.8. The Morgan fingerprint density at radius 3 is 2.71 bits per heavy atom. The molecule has 1 amide bonds. The zero-order valence-electron chi connectivity index (χ0n) is 12.2. The van der Waals surface area contributed by atoms with Crippen LogP contribution in [0.1, 0.15) is 26.2 Å². The molecule has 1 heterocycles. The summed E-state index contributed by atoms with van der Waals surface area (Å²) in [5, 5.41) is 6.95. The third-order valence-electron chi connectivity index (χ3n) is 3.36. The second-order valence-electron chi connectivity index (χ2n) is 5.16. The molecule has 1 unspecified atom stereocenters. The fourth-order valence-electron chi connectivity index (χ4n) is 2.07. The maximum Gasteiger partial charge on any atom is 0.224 e. The molecular weight excluding hydrogens is 266 g/mol. The van der Waals surface area contributed by atoms with Gasteiger partial charge in [-0.3, -0.25) is 4.79 Å². The summed E-state index contributed by atoms with van der Waals surface area (Å²) in [5.74, 6) is 0.516. The van der Waals surface area contributed by atoms with E-state index in [1.807, 2.05) is 24.3 Å². The van der Waals surface area contributed by atoms with Crippen LogP contribution in [-0.4, -0.2) is 27.2 Å². The van der Waals surface area contributed by atoms with Crippen LogP contribution in [0.5, 0.6) is 0 Å². The Kier molecular flexibility index (Phi) is 5.45. The largest absolute Gasteiger partial charge is 0.330 e. The van der Waals surface area contributed by atoms with Crippen LogP contribution in [0.3, 0.4) is 0 Å². The Morgan fingerprint density at radius 1 is 1.33 bits per heavy atom. The highest BCUT2D eigenvalue weighted by Gasteiger charge is 2.07. The maximum atomic E-state index is 11.9. The molecule has 0 fully saturated rings. The van der Waals surface area contributed by atoms with Crippen molar-refractivity contribution < 1.29 is 4.79 Å². The summed E-state index contributed by atoms with van der Waals surface area (Å²) in [7, 11) is 0. The standard InChI is InChI=1S/C15H21N5O/c1-12(8-9-16)2-7-15(21)19-13-3-5-14(6-4-13)20-11-17-10-18-20/h3-6,10-12H,2,7-9,16H2,1H3,(H,19,21). The molecule has 1 aromatic heterocycles. The minimum absolute atomic E-state index is 0.0346. The van der Waals surface area contributed by atoms with Crippen molar-refractivity contribution in [3.05, 3.63) is 36.9 Å². The number of carbonyl (C=O) groups excluding carboxylic acids is 1. The van der Waals surface area contributed by atoms with Gasteiger partial charge in [0.25, 0.3) is 0 Å². The van der Waals surface area contributed by atoms with Crippen LogP contribution >= 0.6 is 0 Å². The first kappa shape index (κ1) is 15.2. The first-order valence-electron chi connectivity index (χ1n) is 7.14. The summed E-state index contributed by atoms with van der Waals surface area (Å²) >= 11 is 0. The average molecular weight is 287 g/mol. The molecule has 3 N–H and O–H groups in total.